The van der Waals surface area contributed by atoms with Gasteiger partial charge in [-0.15, -0.1) is 0 Å². The lowest BCUT2D eigenvalue weighted by molar-refractivity contribution is -0.133. The van der Waals surface area contributed by atoms with E-state index in [1.807, 2.05) is 56.9 Å². The fourth-order valence-corrected chi connectivity index (χ4v) is 5.48. The zero-order valence-electron chi connectivity index (χ0n) is 19.9. The van der Waals surface area contributed by atoms with Crippen molar-refractivity contribution in [3.8, 4) is 0 Å². The van der Waals surface area contributed by atoms with Crippen molar-refractivity contribution in [3.63, 3.8) is 0 Å². The molecule has 2 aliphatic rings. The van der Waals surface area contributed by atoms with E-state index in [1.165, 1.54) is 7.11 Å². The van der Waals surface area contributed by atoms with Crippen molar-refractivity contribution in [2.24, 2.45) is 17.8 Å². The number of allylic oxidation sites excluding steroid dienone is 1. The fourth-order valence-electron chi connectivity index (χ4n) is 4.99. The van der Waals surface area contributed by atoms with Crippen LogP contribution in [0.3, 0.4) is 0 Å². The maximum Gasteiger partial charge on any atom is 0.410 e. The Morgan fingerprint density at radius 2 is 1.75 bits per heavy atom. The lowest BCUT2D eigenvalue weighted by Gasteiger charge is -2.27. The molecule has 1 saturated carbocycles. The molecule has 3 unspecified atom stereocenters. The van der Waals surface area contributed by atoms with Gasteiger partial charge in [0.25, 0.3) is 0 Å². The topological polar surface area (TPSA) is 67.9 Å². The van der Waals surface area contributed by atoms with Crippen molar-refractivity contribution in [2.45, 2.75) is 59.1 Å². The fraction of sp³-hybridized carbons (Fsp3) is 0.600. The van der Waals surface area contributed by atoms with Crippen LogP contribution in [0.5, 0.6) is 0 Å². The molecule has 6 nitrogen and oxygen atoms in total. The van der Waals surface area contributed by atoms with Gasteiger partial charge < -0.3 is 19.7 Å². The number of nitrogens with zero attached hydrogens (tertiary/aromatic N) is 1. The van der Waals surface area contributed by atoms with E-state index in [4.69, 9.17) is 9.47 Å². The Kier molecular flexibility index (Phi) is 7.58. The zero-order chi connectivity index (χ0) is 23.6. The first-order valence-corrected chi connectivity index (χ1v) is 12.1. The molecule has 1 aromatic carbocycles. The Morgan fingerprint density at radius 1 is 1.16 bits per heavy atom. The summed E-state index contributed by atoms with van der Waals surface area (Å²) in [5.74, 6) is 1.14. The van der Waals surface area contributed by atoms with Gasteiger partial charge in [-0.25, -0.2) is 9.59 Å². The number of amides is 1. The van der Waals surface area contributed by atoms with E-state index in [9.17, 15) is 9.59 Å². The van der Waals surface area contributed by atoms with Crippen LogP contribution >= 0.6 is 15.9 Å². The minimum Gasteiger partial charge on any atom is -0.465 e. The maximum atomic E-state index is 12.6. The Bertz CT molecular complexity index is 878. The molecule has 1 N–H and O–H groups in total. The van der Waals surface area contributed by atoms with E-state index in [1.54, 1.807) is 0 Å². The van der Waals surface area contributed by atoms with Gasteiger partial charge in [0, 0.05) is 34.9 Å². The molecule has 1 aromatic rings. The van der Waals surface area contributed by atoms with Crippen molar-refractivity contribution in [1.82, 2.24) is 10.2 Å². The highest BCUT2D eigenvalue weighted by Gasteiger charge is 2.44. The number of nitrogens with one attached hydrogen (secondary N) is 1. The van der Waals surface area contributed by atoms with Crippen LogP contribution in [-0.4, -0.2) is 48.8 Å². The van der Waals surface area contributed by atoms with Crippen LogP contribution in [0.2, 0.25) is 0 Å². The molecular formula is C25H35BrN2O4. The molecule has 1 amide bonds. The van der Waals surface area contributed by atoms with E-state index in [0.29, 0.717) is 23.3 Å². The summed E-state index contributed by atoms with van der Waals surface area (Å²) in [7, 11) is 1.41. The van der Waals surface area contributed by atoms with Crippen LogP contribution in [0.15, 0.2) is 34.4 Å². The number of hydrogen-bond acceptors (Lipinski definition) is 5. The quantitative estimate of drug-likeness (QED) is 0.437. The van der Waals surface area contributed by atoms with Crippen LogP contribution in [0.25, 0.3) is 5.57 Å². The number of benzene rings is 1. The van der Waals surface area contributed by atoms with E-state index < -0.39 is 5.60 Å². The third-order valence-electron chi connectivity index (χ3n) is 6.50. The highest BCUT2D eigenvalue weighted by atomic mass is 79.9. The molecule has 176 valence electrons. The summed E-state index contributed by atoms with van der Waals surface area (Å²) in [4.78, 5) is 26.9. The molecule has 0 radical (unpaired) electrons. The molecule has 1 heterocycles. The molecule has 0 spiro atoms. The van der Waals surface area contributed by atoms with Gasteiger partial charge in [0.1, 0.15) is 5.60 Å². The summed E-state index contributed by atoms with van der Waals surface area (Å²) < 4.78 is 11.5. The smallest absolute Gasteiger partial charge is 0.410 e. The predicted octanol–water partition coefficient (Wildman–Crippen LogP) is 5.22. The second-order valence-electron chi connectivity index (χ2n) is 10.0. The molecule has 3 rings (SSSR count). The van der Waals surface area contributed by atoms with Gasteiger partial charge in [0.15, 0.2) is 0 Å². The highest BCUT2D eigenvalue weighted by molar-refractivity contribution is 9.10. The second kappa shape index (κ2) is 9.86. The van der Waals surface area contributed by atoms with E-state index in [0.717, 1.165) is 41.7 Å². The third kappa shape index (κ3) is 5.66. The summed E-state index contributed by atoms with van der Waals surface area (Å²) in [5, 5.41) is 3.57. The normalized spacial score (nSPS) is 24.5. The monoisotopic (exact) mass is 506 g/mol. The van der Waals surface area contributed by atoms with Gasteiger partial charge in [0.05, 0.1) is 12.7 Å². The zero-order valence-corrected chi connectivity index (χ0v) is 21.5. The van der Waals surface area contributed by atoms with Crippen molar-refractivity contribution in [3.05, 3.63) is 40.0 Å². The molecule has 2 fully saturated rings. The maximum absolute atomic E-state index is 12.6. The third-order valence-corrected chi connectivity index (χ3v) is 7.19. The largest absolute Gasteiger partial charge is 0.465 e. The molecule has 7 heteroatoms. The van der Waals surface area contributed by atoms with E-state index in [2.05, 4.69) is 28.2 Å². The average molecular weight is 507 g/mol. The Labute approximate surface area is 199 Å². The first-order valence-electron chi connectivity index (χ1n) is 11.3. The van der Waals surface area contributed by atoms with Gasteiger partial charge in [0.2, 0.25) is 0 Å². The number of carbonyl (C=O) groups excluding carboxylic acids is 2. The molecule has 32 heavy (non-hydrogen) atoms. The summed E-state index contributed by atoms with van der Waals surface area (Å²) in [5.41, 5.74) is 1.70. The van der Waals surface area contributed by atoms with Crippen molar-refractivity contribution in [2.75, 3.05) is 20.2 Å². The molecule has 1 saturated heterocycles. The number of likely N-dealkylation sites (tertiary alicyclic amines) is 1. The summed E-state index contributed by atoms with van der Waals surface area (Å²) >= 11 is 3.55. The van der Waals surface area contributed by atoms with Crippen molar-refractivity contribution in [1.29, 1.82) is 0 Å². The molecule has 0 bridgehead atoms. The first kappa shape index (κ1) is 24.6. The number of halogens is 1. The summed E-state index contributed by atoms with van der Waals surface area (Å²) in [6, 6.07) is 7.87. The van der Waals surface area contributed by atoms with Gasteiger partial charge in [-0.05, 0) is 71.3 Å². The van der Waals surface area contributed by atoms with Crippen LogP contribution in [0.4, 0.5) is 4.79 Å². The minimum atomic E-state index is -0.468. The van der Waals surface area contributed by atoms with Gasteiger partial charge in [-0.1, -0.05) is 34.1 Å². The van der Waals surface area contributed by atoms with Gasteiger partial charge >= 0.3 is 12.1 Å². The minimum absolute atomic E-state index is 0.204. The molecule has 0 aromatic heterocycles. The van der Waals surface area contributed by atoms with E-state index >= 15 is 0 Å². The number of fused-ring (bicyclic) bond motifs is 1. The molecule has 1 aliphatic heterocycles. The van der Waals surface area contributed by atoms with Crippen molar-refractivity contribution >= 4 is 33.6 Å². The van der Waals surface area contributed by atoms with Crippen LogP contribution < -0.4 is 5.32 Å². The summed E-state index contributed by atoms with van der Waals surface area (Å²) in [6.07, 6.45) is 1.92. The van der Waals surface area contributed by atoms with Crippen molar-refractivity contribution < 1.29 is 19.1 Å². The predicted molar refractivity (Wildman–Crippen MR) is 129 cm³/mol. The Morgan fingerprint density at radius 3 is 2.28 bits per heavy atom. The highest BCUT2D eigenvalue weighted by Crippen LogP contribution is 2.43. The SMILES string of the molecule is COC(=O)/C(=C(\C)NC(C)C1CC2CN(C(=O)OC(C)(C)C)CC2C1)c1ccccc1Br. The Hall–Kier alpha value is -2.02. The van der Waals surface area contributed by atoms with Gasteiger partial charge in [-0.2, -0.15) is 0 Å². The van der Waals surface area contributed by atoms with E-state index in [-0.39, 0.29) is 18.1 Å². The molecule has 1 aliphatic carbocycles. The number of ether oxygens (including phenoxy) is 2. The average Bonchev–Trinajstić information content (AvgIpc) is 3.27. The lowest BCUT2D eigenvalue weighted by atomic mass is 9.96. The summed E-state index contributed by atoms with van der Waals surface area (Å²) in [6.45, 7) is 11.3. The number of methoxy groups -OCH3 is 1. The molecular weight excluding hydrogens is 472 g/mol. The van der Waals surface area contributed by atoms with Crippen LogP contribution in [0.1, 0.15) is 53.0 Å². The standard InChI is InChI=1S/C25H35BrN2O4/c1-15(27-16(2)22(23(29)31-6)20-9-7-8-10-21(20)26)17-11-18-13-28(14-19(18)12-17)24(30)32-25(3,4)5/h7-10,15,17-19,27H,11-14H2,1-6H3/b22-16+. The lowest BCUT2D eigenvalue weighted by Crippen LogP contribution is -2.37. The van der Waals surface area contributed by atoms with Crippen LogP contribution in [0, 0.1) is 17.8 Å². The molecule has 3 atom stereocenters. The number of rotatable bonds is 5. The number of esters is 1. The second-order valence-corrected chi connectivity index (χ2v) is 10.9. The van der Waals surface area contributed by atoms with Crippen LogP contribution in [-0.2, 0) is 14.3 Å². The number of carbonyl (C=O) groups is 2. The van der Waals surface area contributed by atoms with Gasteiger partial charge in [-0.3, -0.25) is 0 Å². The Balaban J connectivity index is 1.66. The number of hydrogen-bond donors (Lipinski definition) is 1. The first-order chi connectivity index (χ1) is 15.0.